The lowest BCUT2D eigenvalue weighted by Gasteiger charge is -2.29. The van der Waals surface area contributed by atoms with Gasteiger partial charge in [-0.15, -0.1) is 0 Å². The predicted molar refractivity (Wildman–Crippen MR) is 56.5 cm³/mol. The lowest BCUT2D eigenvalue weighted by Crippen LogP contribution is -2.43. The molecule has 14 heavy (non-hydrogen) atoms. The highest BCUT2D eigenvalue weighted by atomic mass is 15.3. The van der Waals surface area contributed by atoms with Crippen LogP contribution >= 0.6 is 0 Å². The summed E-state index contributed by atoms with van der Waals surface area (Å²) in [6.45, 7) is 4.31. The molecule has 74 valence electrons. The smallest absolute Gasteiger partial charge is 0.0556 e. The van der Waals surface area contributed by atoms with Gasteiger partial charge >= 0.3 is 0 Å². The molecule has 0 unspecified atom stereocenters. The Morgan fingerprint density at radius 2 is 2.43 bits per heavy atom. The second-order valence-corrected chi connectivity index (χ2v) is 4.30. The number of nitrogens with zero attached hydrogens (tertiary/aromatic N) is 2. The van der Waals surface area contributed by atoms with E-state index in [4.69, 9.17) is 0 Å². The Balaban J connectivity index is 1.86. The summed E-state index contributed by atoms with van der Waals surface area (Å²) >= 11 is 0. The highest BCUT2D eigenvalue weighted by Gasteiger charge is 2.37. The Bertz CT molecular complexity index is 333. The first kappa shape index (κ1) is 8.24. The average molecular weight is 189 g/mol. The third-order valence-electron chi connectivity index (χ3n) is 3.28. The van der Waals surface area contributed by atoms with Gasteiger partial charge in [-0.1, -0.05) is 0 Å². The number of hydrogen-bond donors (Lipinski definition) is 1. The van der Waals surface area contributed by atoms with Gasteiger partial charge in [-0.25, -0.2) is 0 Å². The van der Waals surface area contributed by atoms with Crippen LogP contribution in [0.1, 0.15) is 12.1 Å². The lowest BCUT2D eigenvalue weighted by molar-refractivity contribution is 0.579. The van der Waals surface area contributed by atoms with E-state index in [0.717, 1.165) is 18.8 Å². The summed E-state index contributed by atoms with van der Waals surface area (Å²) in [5.41, 5.74) is 2.38. The molecule has 0 spiro atoms. The molecule has 3 heteroatoms. The zero-order valence-electron chi connectivity index (χ0n) is 8.40. The fraction of sp³-hybridized carbons (Fsp3) is 0.545. The minimum atomic E-state index is 0.699. The van der Waals surface area contributed by atoms with E-state index in [9.17, 15) is 0 Å². The van der Waals surface area contributed by atoms with Crippen molar-refractivity contribution in [1.82, 2.24) is 10.3 Å². The van der Waals surface area contributed by atoms with Crippen molar-refractivity contribution in [2.45, 2.75) is 25.4 Å². The van der Waals surface area contributed by atoms with Crippen LogP contribution in [0.25, 0.3) is 0 Å². The van der Waals surface area contributed by atoms with Gasteiger partial charge in [-0.05, 0) is 25.5 Å². The molecule has 2 aliphatic heterocycles. The van der Waals surface area contributed by atoms with Crippen LogP contribution in [-0.4, -0.2) is 30.2 Å². The molecule has 2 fully saturated rings. The highest BCUT2D eigenvalue weighted by molar-refractivity contribution is 5.48. The van der Waals surface area contributed by atoms with Gasteiger partial charge in [0.05, 0.1) is 11.9 Å². The maximum absolute atomic E-state index is 4.35. The lowest BCUT2D eigenvalue weighted by atomic mass is 10.2. The SMILES string of the molecule is Cc1ccc(N2C[C@@H]3C[C@H]2CN3)cn1. The number of aromatic nitrogens is 1. The van der Waals surface area contributed by atoms with Crippen LogP contribution in [0.2, 0.25) is 0 Å². The number of aryl methyl sites for hydroxylation is 1. The molecule has 3 heterocycles. The summed E-state index contributed by atoms with van der Waals surface area (Å²) in [6, 6.07) is 5.68. The zero-order valence-corrected chi connectivity index (χ0v) is 8.40. The molecule has 2 saturated heterocycles. The van der Waals surface area contributed by atoms with Crippen molar-refractivity contribution in [3.8, 4) is 0 Å². The molecule has 1 aromatic heterocycles. The number of fused-ring (bicyclic) bond motifs is 2. The van der Waals surface area contributed by atoms with Crippen molar-refractivity contribution < 1.29 is 0 Å². The summed E-state index contributed by atoms with van der Waals surface area (Å²) in [5.74, 6) is 0. The molecular weight excluding hydrogens is 174 g/mol. The molecule has 3 nitrogen and oxygen atoms in total. The molecule has 0 saturated carbocycles. The normalized spacial score (nSPS) is 29.9. The fourth-order valence-corrected chi connectivity index (χ4v) is 2.51. The monoisotopic (exact) mass is 189 g/mol. The molecule has 2 atom stereocenters. The summed E-state index contributed by atoms with van der Waals surface area (Å²) in [5, 5.41) is 3.51. The van der Waals surface area contributed by atoms with Crippen molar-refractivity contribution in [3.05, 3.63) is 24.0 Å². The zero-order chi connectivity index (χ0) is 9.54. The van der Waals surface area contributed by atoms with Crippen LogP contribution in [-0.2, 0) is 0 Å². The predicted octanol–water partition coefficient (Wildman–Crippen LogP) is 0.941. The van der Waals surface area contributed by atoms with Crippen molar-refractivity contribution >= 4 is 5.69 Å². The van der Waals surface area contributed by atoms with Gasteiger partial charge in [0, 0.05) is 30.9 Å². The van der Waals surface area contributed by atoms with Crippen LogP contribution < -0.4 is 10.2 Å². The van der Waals surface area contributed by atoms with Crippen LogP contribution in [0.4, 0.5) is 5.69 Å². The third-order valence-corrected chi connectivity index (χ3v) is 3.28. The Kier molecular flexibility index (Phi) is 1.74. The fourth-order valence-electron chi connectivity index (χ4n) is 2.51. The van der Waals surface area contributed by atoms with Crippen molar-refractivity contribution in [1.29, 1.82) is 0 Å². The van der Waals surface area contributed by atoms with E-state index in [2.05, 4.69) is 27.3 Å². The van der Waals surface area contributed by atoms with Gasteiger partial charge in [-0.2, -0.15) is 0 Å². The number of piperazine rings is 1. The van der Waals surface area contributed by atoms with E-state index in [1.165, 1.54) is 12.1 Å². The van der Waals surface area contributed by atoms with Crippen molar-refractivity contribution in [2.24, 2.45) is 0 Å². The number of nitrogens with one attached hydrogen (secondary N) is 1. The summed E-state index contributed by atoms with van der Waals surface area (Å²) < 4.78 is 0. The third kappa shape index (κ3) is 1.20. The minimum Gasteiger partial charge on any atom is -0.364 e. The Labute approximate surface area is 84.1 Å². The van der Waals surface area contributed by atoms with Gasteiger partial charge in [0.15, 0.2) is 0 Å². The molecule has 0 aromatic carbocycles. The van der Waals surface area contributed by atoms with Crippen molar-refractivity contribution in [2.75, 3.05) is 18.0 Å². The summed E-state index contributed by atoms with van der Waals surface area (Å²) in [6.07, 6.45) is 3.30. The van der Waals surface area contributed by atoms with E-state index in [1.54, 1.807) is 0 Å². The van der Waals surface area contributed by atoms with Crippen LogP contribution in [0.15, 0.2) is 18.3 Å². The summed E-state index contributed by atoms with van der Waals surface area (Å²) in [7, 11) is 0. The quantitative estimate of drug-likeness (QED) is 0.712. The van der Waals surface area contributed by atoms with Gasteiger partial charge in [0.2, 0.25) is 0 Å². The molecule has 0 aliphatic carbocycles. The molecular formula is C11H15N3. The van der Waals surface area contributed by atoms with E-state index in [1.807, 2.05) is 13.1 Å². The number of anilines is 1. The van der Waals surface area contributed by atoms with E-state index >= 15 is 0 Å². The summed E-state index contributed by atoms with van der Waals surface area (Å²) in [4.78, 5) is 6.82. The second kappa shape index (κ2) is 2.95. The van der Waals surface area contributed by atoms with Crippen LogP contribution in [0, 0.1) is 6.92 Å². The van der Waals surface area contributed by atoms with Crippen LogP contribution in [0.3, 0.4) is 0 Å². The largest absolute Gasteiger partial charge is 0.364 e. The number of hydrogen-bond acceptors (Lipinski definition) is 3. The highest BCUT2D eigenvalue weighted by Crippen LogP contribution is 2.28. The molecule has 2 aliphatic rings. The van der Waals surface area contributed by atoms with E-state index < -0.39 is 0 Å². The first-order valence-corrected chi connectivity index (χ1v) is 5.25. The van der Waals surface area contributed by atoms with E-state index in [0.29, 0.717) is 12.1 Å². The molecule has 0 radical (unpaired) electrons. The van der Waals surface area contributed by atoms with Gasteiger partial charge in [0.1, 0.15) is 0 Å². The Morgan fingerprint density at radius 3 is 3.00 bits per heavy atom. The standard InChI is InChI=1S/C11H15N3/c1-8-2-3-10(5-12-8)14-7-9-4-11(14)6-13-9/h2-3,5,9,11,13H,4,6-7H2,1H3/t9-,11-/m0/s1. The molecule has 1 aromatic rings. The number of rotatable bonds is 1. The molecule has 1 N–H and O–H groups in total. The Hall–Kier alpha value is -1.09. The number of pyridine rings is 1. The van der Waals surface area contributed by atoms with E-state index in [-0.39, 0.29) is 0 Å². The maximum atomic E-state index is 4.35. The topological polar surface area (TPSA) is 28.2 Å². The average Bonchev–Trinajstić information content (AvgIpc) is 2.80. The first-order chi connectivity index (χ1) is 6.83. The Morgan fingerprint density at radius 1 is 1.50 bits per heavy atom. The molecule has 0 amide bonds. The maximum Gasteiger partial charge on any atom is 0.0556 e. The first-order valence-electron chi connectivity index (χ1n) is 5.25. The van der Waals surface area contributed by atoms with Gasteiger partial charge in [0.25, 0.3) is 0 Å². The second-order valence-electron chi connectivity index (χ2n) is 4.30. The minimum absolute atomic E-state index is 0.699. The molecule has 2 bridgehead atoms. The van der Waals surface area contributed by atoms with Gasteiger partial charge in [-0.3, -0.25) is 4.98 Å². The van der Waals surface area contributed by atoms with Crippen LogP contribution in [0.5, 0.6) is 0 Å². The van der Waals surface area contributed by atoms with Crippen molar-refractivity contribution in [3.63, 3.8) is 0 Å². The molecule has 3 rings (SSSR count). The van der Waals surface area contributed by atoms with Gasteiger partial charge < -0.3 is 10.2 Å².